The first-order valence-electron chi connectivity index (χ1n) is 6.42. The number of rotatable bonds is 8. The Morgan fingerprint density at radius 1 is 1.32 bits per heavy atom. The van der Waals surface area contributed by atoms with E-state index in [2.05, 4.69) is 0 Å². The van der Waals surface area contributed by atoms with Crippen LogP contribution >= 0.6 is 0 Å². The number of hydrogen-bond acceptors (Lipinski definition) is 4. The summed E-state index contributed by atoms with van der Waals surface area (Å²) in [5.41, 5.74) is 6.86. The van der Waals surface area contributed by atoms with Crippen LogP contribution in [0.25, 0.3) is 0 Å². The van der Waals surface area contributed by atoms with Gasteiger partial charge in [-0.15, -0.1) is 0 Å². The van der Waals surface area contributed by atoms with Crippen molar-refractivity contribution in [3.8, 4) is 0 Å². The lowest BCUT2D eigenvalue weighted by Gasteiger charge is -2.21. The fourth-order valence-electron chi connectivity index (χ4n) is 1.82. The van der Waals surface area contributed by atoms with Gasteiger partial charge in [0.05, 0.1) is 12.4 Å². The Morgan fingerprint density at radius 2 is 2.05 bits per heavy atom. The Morgan fingerprint density at radius 3 is 2.63 bits per heavy atom. The minimum absolute atomic E-state index is 0.0816. The summed E-state index contributed by atoms with van der Waals surface area (Å²) in [5.74, 6) is -0.0816. The average molecular weight is 286 g/mol. The Bertz CT molecular complexity index is 488. The summed E-state index contributed by atoms with van der Waals surface area (Å²) in [7, 11) is -3.41. The second-order valence-corrected chi connectivity index (χ2v) is 6.45. The van der Waals surface area contributed by atoms with Crippen molar-refractivity contribution in [2.45, 2.75) is 25.5 Å². The standard InChI is InChI=1S/C13H22N2O3S/c1-2-3-7-15(8-9-16)19(17,18)11-12-5-4-6-13(14)10-12/h4-6,10,16H,2-3,7-9,11,14H2,1H3. The number of aliphatic hydroxyl groups is 1. The third kappa shape index (κ3) is 5.18. The maximum absolute atomic E-state index is 12.3. The zero-order valence-corrected chi connectivity index (χ0v) is 12.1. The van der Waals surface area contributed by atoms with E-state index in [1.807, 2.05) is 6.92 Å². The van der Waals surface area contributed by atoms with Crippen molar-refractivity contribution >= 4 is 15.7 Å². The molecule has 0 bridgehead atoms. The van der Waals surface area contributed by atoms with E-state index in [0.717, 1.165) is 12.8 Å². The van der Waals surface area contributed by atoms with Crippen LogP contribution in [0.1, 0.15) is 25.3 Å². The van der Waals surface area contributed by atoms with Crippen molar-refractivity contribution in [1.29, 1.82) is 0 Å². The molecule has 1 aromatic rings. The zero-order valence-electron chi connectivity index (χ0n) is 11.2. The molecular weight excluding hydrogens is 264 g/mol. The van der Waals surface area contributed by atoms with E-state index in [-0.39, 0.29) is 18.9 Å². The lowest BCUT2D eigenvalue weighted by Crippen LogP contribution is -2.35. The van der Waals surface area contributed by atoms with Crippen molar-refractivity contribution < 1.29 is 13.5 Å². The van der Waals surface area contributed by atoms with Crippen molar-refractivity contribution in [3.05, 3.63) is 29.8 Å². The molecule has 0 spiro atoms. The topological polar surface area (TPSA) is 83.6 Å². The molecule has 5 nitrogen and oxygen atoms in total. The number of nitrogen functional groups attached to an aromatic ring is 1. The highest BCUT2D eigenvalue weighted by Crippen LogP contribution is 2.14. The molecule has 0 aliphatic rings. The number of aliphatic hydroxyl groups excluding tert-OH is 1. The normalized spacial score (nSPS) is 11.9. The first-order chi connectivity index (χ1) is 8.99. The Labute approximate surface area is 115 Å². The summed E-state index contributed by atoms with van der Waals surface area (Å²) in [5, 5.41) is 8.98. The molecule has 0 saturated heterocycles. The molecule has 1 aromatic carbocycles. The fourth-order valence-corrected chi connectivity index (χ4v) is 3.37. The van der Waals surface area contributed by atoms with Crippen LogP contribution in [0.5, 0.6) is 0 Å². The van der Waals surface area contributed by atoms with E-state index in [1.165, 1.54) is 4.31 Å². The number of anilines is 1. The predicted octanol–water partition coefficient (Wildman–Crippen LogP) is 1.19. The van der Waals surface area contributed by atoms with E-state index in [1.54, 1.807) is 24.3 Å². The molecule has 0 aromatic heterocycles. The monoisotopic (exact) mass is 286 g/mol. The Hall–Kier alpha value is -1.11. The molecule has 19 heavy (non-hydrogen) atoms. The molecule has 0 radical (unpaired) electrons. The van der Waals surface area contributed by atoms with Crippen molar-refractivity contribution in [2.24, 2.45) is 0 Å². The third-order valence-electron chi connectivity index (χ3n) is 2.80. The van der Waals surface area contributed by atoms with Gasteiger partial charge in [-0.05, 0) is 24.1 Å². The van der Waals surface area contributed by atoms with E-state index in [4.69, 9.17) is 10.8 Å². The second kappa shape index (κ2) is 7.47. The highest BCUT2D eigenvalue weighted by atomic mass is 32.2. The van der Waals surface area contributed by atoms with Gasteiger partial charge in [-0.25, -0.2) is 8.42 Å². The highest BCUT2D eigenvalue weighted by molar-refractivity contribution is 7.88. The van der Waals surface area contributed by atoms with Gasteiger partial charge in [0, 0.05) is 18.8 Å². The first-order valence-corrected chi connectivity index (χ1v) is 8.03. The molecule has 0 aliphatic heterocycles. The summed E-state index contributed by atoms with van der Waals surface area (Å²) in [6.45, 7) is 2.42. The van der Waals surface area contributed by atoms with Crippen LogP contribution in [-0.2, 0) is 15.8 Å². The lowest BCUT2D eigenvalue weighted by atomic mass is 10.2. The molecule has 0 atom stereocenters. The number of hydrogen-bond donors (Lipinski definition) is 2. The van der Waals surface area contributed by atoms with E-state index < -0.39 is 10.0 Å². The maximum atomic E-state index is 12.3. The maximum Gasteiger partial charge on any atom is 0.218 e. The minimum Gasteiger partial charge on any atom is -0.399 e. The molecule has 0 aliphatic carbocycles. The molecule has 0 unspecified atom stereocenters. The van der Waals surface area contributed by atoms with Gasteiger partial charge in [0.15, 0.2) is 0 Å². The van der Waals surface area contributed by atoms with Crippen molar-refractivity contribution in [1.82, 2.24) is 4.31 Å². The molecule has 0 heterocycles. The number of nitrogens with zero attached hydrogens (tertiary/aromatic N) is 1. The van der Waals surface area contributed by atoms with Gasteiger partial charge in [-0.3, -0.25) is 0 Å². The van der Waals surface area contributed by atoms with Crippen LogP contribution in [0, 0.1) is 0 Å². The molecule has 6 heteroatoms. The fraction of sp³-hybridized carbons (Fsp3) is 0.538. The van der Waals surface area contributed by atoms with Gasteiger partial charge < -0.3 is 10.8 Å². The summed E-state index contributed by atoms with van der Waals surface area (Å²) < 4.78 is 25.9. The quantitative estimate of drug-likeness (QED) is 0.703. The molecule has 0 fully saturated rings. The van der Waals surface area contributed by atoms with Crippen LogP contribution in [-0.4, -0.2) is 37.5 Å². The Balaban J connectivity index is 2.81. The van der Waals surface area contributed by atoms with E-state index in [9.17, 15) is 8.42 Å². The van der Waals surface area contributed by atoms with Crippen LogP contribution in [0.4, 0.5) is 5.69 Å². The molecule has 1 rings (SSSR count). The minimum atomic E-state index is -3.41. The molecule has 0 saturated carbocycles. The summed E-state index contributed by atoms with van der Waals surface area (Å²) >= 11 is 0. The molecule has 3 N–H and O–H groups in total. The van der Waals surface area contributed by atoms with Crippen molar-refractivity contribution in [2.75, 3.05) is 25.4 Å². The van der Waals surface area contributed by atoms with Gasteiger partial charge in [0.25, 0.3) is 0 Å². The number of nitrogens with two attached hydrogens (primary N) is 1. The third-order valence-corrected chi connectivity index (χ3v) is 4.65. The number of benzene rings is 1. The van der Waals surface area contributed by atoms with Gasteiger partial charge in [0.1, 0.15) is 0 Å². The van der Waals surface area contributed by atoms with E-state index in [0.29, 0.717) is 17.8 Å². The van der Waals surface area contributed by atoms with Crippen molar-refractivity contribution in [3.63, 3.8) is 0 Å². The smallest absolute Gasteiger partial charge is 0.218 e. The summed E-state index contributed by atoms with van der Waals surface area (Å²) in [4.78, 5) is 0. The van der Waals surface area contributed by atoms with Gasteiger partial charge >= 0.3 is 0 Å². The van der Waals surface area contributed by atoms with E-state index >= 15 is 0 Å². The van der Waals surface area contributed by atoms with Gasteiger partial charge in [-0.1, -0.05) is 25.5 Å². The van der Waals surface area contributed by atoms with Crippen LogP contribution < -0.4 is 5.73 Å². The Kier molecular flexibility index (Phi) is 6.27. The molecular formula is C13H22N2O3S. The van der Waals surface area contributed by atoms with Crippen LogP contribution in [0.15, 0.2) is 24.3 Å². The second-order valence-electron chi connectivity index (χ2n) is 4.48. The first kappa shape index (κ1) is 15.9. The van der Waals surface area contributed by atoms with Gasteiger partial charge in [-0.2, -0.15) is 4.31 Å². The summed E-state index contributed by atoms with van der Waals surface area (Å²) in [6.07, 6.45) is 1.70. The zero-order chi connectivity index (χ0) is 14.3. The number of unbranched alkanes of at least 4 members (excludes halogenated alkanes) is 1. The molecule has 108 valence electrons. The number of sulfonamides is 1. The van der Waals surface area contributed by atoms with Crippen LogP contribution in [0.3, 0.4) is 0 Å². The predicted molar refractivity (Wildman–Crippen MR) is 77.0 cm³/mol. The largest absolute Gasteiger partial charge is 0.399 e. The highest BCUT2D eigenvalue weighted by Gasteiger charge is 2.21. The molecule has 0 amide bonds. The SMILES string of the molecule is CCCCN(CCO)S(=O)(=O)Cc1cccc(N)c1. The van der Waals surface area contributed by atoms with Gasteiger partial charge in [0.2, 0.25) is 10.0 Å². The average Bonchev–Trinajstić information content (AvgIpc) is 2.33. The summed E-state index contributed by atoms with van der Waals surface area (Å²) in [6, 6.07) is 6.86. The lowest BCUT2D eigenvalue weighted by molar-refractivity contribution is 0.252. The van der Waals surface area contributed by atoms with Crippen LogP contribution in [0.2, 0.25) is 0 Å².